The van der Waals surface area contributed by atoms with E-state index >= 15 is 0 Å². The molecule has 0 N–H and O–H groups in total. The molecule has 1 aliphatic heterocycles. The quantitative estimate of drug-likeness (QED) is 0.713. The average molecular weight is 369 g/mol. The molecule has 3 atom stereocenters. The van der Waals surface area contributed by atoms with Crippen LogP contribution >= 0.6 is 0 Å². The first kappa shape index (κ1) is 20.4. The molecule has 3 unspecified atom stereocenters. The average Bonchev–Trinajstić information content (AvgIpc) is 2.87. The Hall–Kier alpha value is -0.910. The Kier molecular flexibility index (Phi) is 7.91. The Balaban J connectivity index is 0.00000109. The third kappa shape index (κ3) is 5.80. The predicted octanol–water partition coefficient (Wildman–Crippen LogP) is 4.85. The molecule has 25 heavy (non-hydrogen) atoms. The molecule has 0 aromatic heterocycles. The van der Waals surface area contributed by atoms with Crippen LogP contribution in [0, 0.1) is 12.8 Å². The molecular weight excluding hydrogens is 336 g/mol. The van der Waals surface area contributed by atoms with E-state index in [-0.39, 0.29) is 17.6 Å². The lowest BCUT2D eigenvalue weighted by Gasteiger charge is -2.35. The maximum absolute atomic E-state index is 12.2. The second-order valence-electron chi connectivity index (χ2n) is 6.82. The van der Waals surface area contributed by atoms with Crippen LogP contribution in [0.25, 0.3) is 0 Å². The van der Waals surface area contributed by atoms with Crippen LogP contribution in [0.1, 0.15) is 64.4 Å². The van der Waals surface area contributed by atoms with Gasteiger partial charge in [0.15, 0.2) is 0 Å². The maximum atomic E-state index is 12.2. The zero-order valence-electron chi connectivity index (χ0n) is 15.7. The van der Waals surface area contributed by atoms with Crippen LogP contribution in [0.2, 0.25) is 0 Å². The summed E-state index contributed by atoms with van der Waals surface area (Å²) in [5.74, 6) is 0.655. The van der Waals surface area contributed by atoms with E-state index in [9.17, 15) is 8.42 Å². The fourth-order valence-corrected chi connectivity index (χ4v) is 4.57. The van der Waals surface area contributed by atoms with Crippen molar-refractivity contribution in [1.29, 1.82) is 0 Å². The van der Waals surface area contributed by atoms with Gasteiger partial charge in [-0.1, -0.05) is 50.8 Å². The standard InChI is InChI=1S/C18H26O4S.C2H6/c1-14-7-11-17(12-8-14)23(19,20)21-13-16-10-9-15-5-3-2-4-6-18(15)22-16;1-2/h7-8,11-12,15-16,18H,2-6,9-10,13H2,1H3;1-2H3. The topological polar surface area (TPSA) is 52.6 Å². The number of aryl methyl sites for hydroxylation is 1. The van der Waals surface area contributed by atoms with Crippen LogP contribution < -0.4 is 0 Å². The van der Waals surface area contributed by atoms with Crippen molar-refractivity contribution >= 4 is 10.1 Å². The van der Waals surface area contributed by atoms with Crippen LogP contribution in [0.4, 0.5) is 0 Å². The van der Waals surface area contributed by atoms with Crippen molar-refractivity contribution in [3.63, 3.8) is 0 Å². The number of rotatable bonds is 4. The summed E-state index contributed by atoms with van der Waals surface area (Å²) >= 11 is 0. The van der Waals surface area contributed by atoms with Gasteiger partial charge in [0.1, 0.15) is 0 Å². The second kappa shape index (κ2) is 9.70. The Labute approximate surface area is 153 Å². The van der Waals surface area contributed by atoms with Crippen LogP contribution in [0.3, 0.4) is 0 Å². The van der Waals surface area contributed by atoms with Crippen LogP contribution in [-0.2, 0) is 19.0 Å². The molecule has 1 aromatic rings. The molecule has 1 saturated carbocycles. The van der Waals surface area contributed by atoms with Gasteiger partial charge in [0, 0.05) is 0 Å². The Morgan fingerprint density at radius 1 is 1.00 bits per heavy atom. The molecule has 5 heteroatoms. The molecule has 0 spiro atoms. The van der Waals surface area contributed by atoms with Crippen molar-refractivity contribution in [3.8, 4) is 0 Å². The SMILES string of the molecule is CC.Cc1ccc(S(=O)(=O)OCC2CCC3CCCCCC3O2)cc1. The van der Waals surface area contributed by atoms with E-state index in [0.29, 0.717) is 12.0 Å². The Morgan fingerprint density at radius 2 is 1.68 bits per heavy atom. The van der Waals surface area contributed by atoms with Crippen molar-refractivity contribution in [3.05, 3.63) is 29.8 Å². The highest BCUT2D eigenvalue weighted by atomic mass is 32.2. The van der Waals surface area contributed by atoms with Crippen molar-refractivity contribution < 1.29 is 17.3 Å². The molecule has 2 fully saturated rings. The smallest absolute Gasteiger partial charge is 0.297 e. The lowest BCUT2D eigenvalue weighted by molar-refractivity contribution is -0.0984. The molecule has 2 aliphatic rings. The molecule has 4 nitrogen and oxygen atoms in total. The highest BCUT2D eigenvalue weighted by Crippen LogP contribution is 2.35. The van der Waals surface area contributed by atoms with Crippen molar-refractivity contribution in [2.24, 2.45) is 5.92 Å². The molecule has 0 radical (unpaired) electrons. The van der Waals surface area contributed by atoms with Gasteiger partial charge in [0.25, 0.3) is 10.1 Å². The van der Waals surface area contributed by atoms with Gasteiger partial charge in [0.2, 0.25) is 0 Å². The first-order valence-corrected chi connectivity index (χ1v) is 11.1. The van der Waals surface area contributed by atoms with Gasteiger partial charge in [-0.25, -0.2) is 0 Å². The largest absolute Gasteiger partial charge is 0.372 e. The molecule has 1 aliphatic carbocycles. The number of fused-ring (bicyclic) bond motifs is 1. The first-order chi connectivity index (χ1) is 12.0. The molecule has 3 rings (SSSR count). The van der Waals surface area contributed by atoms with E-state index in [0.717, 1.165) is 24.8 Å². The van der Waals surface area contributed by atoms with Gasteiger partial charge < -0.3 is 4.74 Å². The summed E-state index contributed by atoms with van der Waals surface area (Å²) in [5, 5.41) is 0. The minimum absolute atomic E-state index is 0.102. The summed E-state index contributed by atoms with van der Waals surface area (Å²) in [5.41, 5.74) is 1.03. The lowest BCUT2D eigenvalue weighted by Crippen LogP contribution is -2.37. The highest BCUT2D eigenvalue weighted by molar-refractivity contribution is 7.86. The Bertz CT molecular complexity index is 609. The summed E-state index contributed by atoms with van der Waals surface area (Å²) < 4.78 is 35.9. The van der Waals surface area contributed by atoms with E-state index in [1.165, 1.54) is 25.7 Å². The number of hydrogen-bond donors (Lipinski definition) is 0. The molecule has 1 heterocycles. The molecular formula is C20H32O4S. The zero-order chi connectivity index (χ0) is 18.3. The van der Waals surface area contributed by atoms with E-state index < -0.39 is 10.1 Å². The summed E-state index contributed by atoms with van der Waals surface area (Å²) in [6.45, 7) is 6.05. The number of hydrogen-bond acceptors (Lipinski definition) is 4. The first-order valence-electron chi connectivity index (χ1n) is 9.66. The summed E-state index contributed by atoms with van der Waals surface area (Å²) in [6.07, 6.45) is 8.37. The fraction of sp³-hybridized carbons (Fsp3) is 0.700. The minimum atomic E-state index is -3.69. The molecule has 1 saturated heterocycles. The van der Waals surface area contributed by atoms with E-state index in [4.69, 9.17) is 8.92 Å². The van der Waals surface area contributed by atoms with Gasteiger partial charge in [-0.05, 0) is 50.7 Å². The highest BCUT2D eigenvalue weighted by Gasteiger charge is 2.32. The third-order valence-corrected chi connectivity index (χ3v) is 6.33. The van der Waals surface area contributed by atoms with Crippen molar-refractivity contribution in [2.75, 3.05) is 6.61 Å². The van der Waals surface area contributed by atoms with E-state index in [2.05, 4.69) is 0 Å². The number of ether oxygens (including phenoxy) is 1. The maximum Gasteiger partial charge on any atom is 0.297 e. The van der Waals surface area contributed by atoms with Gasteiger partial charge in [0.05, 0.1) is 23.7 Å². The normalized spacial score (nSPS) is 26.8. The zero-order valence-corrected chi connectivity index (χ0v) is 16.6. The summed E-state index contributed by atoms with van der Waals surface area (Å²) in [4.78, 5) is 0.214. The fourth-order valence-electron chi connectivity index (χ4n) is 3.64. The van der Waals surface area contributed by atoms with Crippen molar-refractivity contribution in [1.82, 2.24) is 0 Å². The second-order valence-corrected chi connectivity index (χ2v) is 8.44. The Morgan fingerprint density at radius 3 is 2.40 bits per heavy atom. The molecule has 142 valence electrons. The van der Waals surface area contributed by atoms with Gasteiger partial charge in [-0.3, -0.25) is 4.18 Å². The van der Waals surface area contributed by atoms with Crippen LogP contribution in [-0.4, -0.2) is 27.2 Å². The van der Waals surface area contributed by atoms with Gasteiger partial charge in [-0.15, -0.1) is 0 Å². The summed E-state index contributed by atoms with van der Waals surface area (Å²) in [7, 11) is -3.69. The molecule has 1 aromatic carbocycles. The van der Waals surface area contributed by atoms with Crippen LogP contribution in [0.5, 0.6) is 0 Å². The number of benzene rings is 1. The van der Waals surface area contributed by atoms with Gasteiger partial charge >= 0.3 is 0 Å². The predicted molar refractivity (Wildman–Crippen MR) is 100 cm³/mol. The lowest BCUT2D eigenvalue weighted by atomic mass is 9.88. The van der Waals surface area contributed by atoms with E-state index in [1.807, 2.05) is 20.8 Å². The van der Waals surface area contributed by atoms with Gasteiger partial charge in [-0.2, -0.15) is 8.42 Å². The molecule has 0 bridgehead atoms. The van der Waals surface area contributed by atoms with Crippen LogP contribution in [0.15, 0.2) is 29.2 Å². The third-order valence-electron chi connectivity index (χ3n) is 5.03. The van der Waals surface area contributed by atoms with E-state index in [1.54, 1.807) is 24.3 Å². The summed E-state index contributed by atoms with van der Waals surface area (Å²) in [6, 6.07) is 6.74. The minimum Gasteiger partial charge on any atom is -0.372 e. The monoisotopic (exact) mass is 368 g/mol. The van der Waals surface area contributed by atoms with Crippen molar-refractivity contribution in [2.45, 2.75) is 82.8 Å². The molecule has 0 amide bonds.